The zero-order chi connectivity index (χ0) is 14.4. The van der Waals surface area contributed by atoms with Gasteiger partial charge in [0.25, 0.3) is 0 Å². The van der Waals surface area contributed by atoms with Crippen molar-refractivity contribution < 1.29 is 9.90 Å². The average Bonchev–Trinajstić information content (AvgIpc) is 2.47. The molecule has 0 aromatic heterocycles. The lowest BCUT2D eigenvalue weighted by molar-refractivity contribution is -0.138. The molecular formula is C16H17NO2S. The highest BCUT2D eigenvalue weighted by atomic mass is 32.2. The van der Waals surface area contributed by atoms with Crippen molar-refractivity contribution >= 4 is 17.7 Å². The Bertz CT molecular complexity index is 554. The molecule has 2 aromatic carbocycles. The number of nitrogens with two attached hydrogens (primary N) is 1. The third-order valence-corrected chi connectivity index (χ3v) is 4.03. The highest BCUT2D eigenvalue weighted by molar-refractivity contribution is 7.98. The van der Waals surface area contributed by atoms with Crippen molar-refractivity contribution in [3.05, 3.63) is 65.7 Å². The van der Waals surface area contributed by atoms with Gasteiger partial charge in [0, 0.05) is 10.6 Å². The van der Waals surface area contributed by atoms with Gasteiger partial charge in [0.05, 0.1) is 0 Å². The van der Waals surface area contributed by atoms with E-state index in [1.165, 1.54) is 10.5 Å². The van der Waals surface area contributed by atoms with Crippen LogP contribution in [0.5, 0.6) is 0 Å². The van der Waals surface area contributed by atoms with Gasteiger partial charge in [-0.05, 0) is 29.7 Å². The maximum Gasteiger partial charge on any atom is 0.320 e. The monoisotopic (exact) mass is 287 g/mol. The molecule has 104 valence electrons. The fraction of sp³-hybridized carbons (Fsp3) is 0.188. The van der Waals surface area contributed by atoms with E-state index < -0.39 is 12.0 Å². The van der Waals surface area contributed by atoms with Crippen molar-refractivity contribution in [1.29, 1.82) is 0 Å². The summed E-state index contributed by atoms with van der Waals surface area (Å²) in [6.07, 6.45) is 0.360. The third kappa shape index (κ3) is 4.40. The van der Waals surface area contributed by atoms with Gasteiger partial charge in [-0.3, -0.25) is 4.79 Å². The molecule has 0 aliphatic carbocycles. The van der Waals surface area contributed by atoms with Crippen molar-refractivity contribution in [2.45, 2.75) is 23.1 Å². The van der Waals surface area contributed by atoms with Gasteiger partial charge in [0.1, 0.15) is 6.04 Å². The smallest absolute Gasteiger partial charge is 0.320 e. The SMILES string of the molecule is N[C@@H](Cc1ccc(SCc2ccccc2)cc1)C(=O)O. The van der Waals surface area contributed by atoms with E-state index in [9.17, 15) is 4.79 Å². The quantitative estimate of drug-likeness (QED) is 0.802. The summed E-state index contributed by atoms with van der Waals surface area (Å²) in [6, 6.07) is 17.4. The Morgan fingerprint density at radius 3 is 2.30 bits per heavy atom. The molecule has 2 aromatic rings. The Balaban J connectivity index is 1.90. The minimum atomic E-state index is -0.965. The number of hydrogen-bond acceptors (Lipinski definition) is 3. The molecular weight excluding hydrogens is 270 g/mol. The molecule has 0 aliphatic rings. The van der Waals surface area contributed by atoms with Gasteiger partial charge in [-0.1, -0.05) is 42.5 Å². The minimum Gasteiger partial charge on any atom is -0.480 e. The Kier molecular flexibility index (Phi) is 5.21. The normalized spacial score (nSPS) is 12.1. The second kappa shape index (κ2) is 7.12. The fourth-order valence-corrected chi connectivity index (χ4v) is 2.66. The van der Waals surface area contributed by atoms with Crippen LogP contribution in [0.25, 0.3) is 0 Å². The first-order chi connectivity index (χ1) is 9.65. The van der Waals surface area contributed by atoms with Gasteiger partial charge >= 0.3 is 5.97 Å². The zero-order valence-electron chi connectivity index (χ0n) is 11.0. The van der Waals surface area contributed by atoms with Crippen LogP contribution in [0.4, 0.5) is 0 Å². The van der Waals surface area contributed by atoms with E-state index in [0.29, 0.717) is 6.42 Å². The summed E-state index contributed by atoms with van der Waals surface area (Å²) in [7, 11) is 0. The second-order valence-corrected chi connectivity index (χ2v) is 5.62. The highest BCUT2D eigenvalue weighted by Crippen LogP contribution is 2.23. The van der Waals surface area contributed by atoms with Crippen LogP contribution < -0.4 is 5.73 Å². The Hall–Kier alpha value is -1.78. The second-order valence-electron chi connectivity index (χ2n) is 4.57. The first-order valence-corrected chi connectivity index (χ1v) is 7.38. The number of carboxylic acid groups (broad SMARTS) is 1. The number of aliphatic carboxylic acids is 1. The summed E-state index contributed by atoms with van der Waals surface area (Å²) in [6.45, 7) is 0. The average molecular weight is 287 g/mol. The molecule has 0 saturated carbocycles. The molecule has 4 heteroatoms. The number of carboxylic acids is 1. The first kappa shape index (κ1) is 14.6. The summed E-state index contributed by atoms with van der Waals surface area (Å²) >= 11 is 1.76. The van der Waals surface area contributed by atoms with Gasteiger partial charge in [-0.15, -0.1) is 11.8 Å². The molecule has 0 amide bonds. The molecule has 0 aliphatic heterocycles. The molecule has 0 heterocycles. The fourth-order valence-electron chi connectivity index (χ4n) is 1.80. The van der Waals surface area contributed by atoms with Gasteiger partial charge in [-0.25, -0.2) is 0 Å². The van der Waals surface area contributed by atoms with Crippen LogP contribution in [0, 0.1) is 0 Å². The highest BCUT2D eigenvalue weighted by Gasteiger charge is 2.11. The summed E-state index contributed by atoms with van der Waals surface area (Å²) in [5, 5.41) is 8.78. The van der Waals surface area contributed by atoms with Crippen LogP contribution in [0.2, 0.25) is 0 Å². The minimum absolute atomic E-state index is 0.360. The van der Waals surface area contributed by atoms with Crippen LogP contribution in [-0.4, -0.2) is 17.1 Å². The molecule has 2 rings (SSSR count). The molecule has 0 unspecified atom stereocenters. The van der Waals surface area contributed by atoms with E-state index in [1.54, 1.807) is 11.8 Å². The Morgan fingerprint density at radius 2 is 1.70 bits per heavy atom. The summed E-state index contributed by atoms with van der Waals surface area (Å²) in [5.74, 6) is -0.0398. The zero-order valence-corrected chi connectivity index (χ0v) is 11.8. The van der Waals surface area contributed by atoms with Crippen LogP contribution in [0.15, 0.2) is 59.5 Å². The number of thioether (sulfide) groups is 1. The lowest BCUT2D eigenvalue weighted by Gasteiger charge is -2.07. The topological polar surface area (TPSA) is 63.3 Å². The van der Waals surface area contributed by atoms with Gasteiger partial charge in [-0.2, -0.15) is 0 Å². The largest absolute Gasteiger partial charge is 0.480 e. The third-order valence-electron chi connectivity index (χ3n) is 2.94. The van der Waals surface area contributed by atoms with Crippen LogP contribution in [-0.2, 0) is 17.0 Å². The van der Waals surface area contributed by atoms with Crippen molar-refractivity contribution in [1.82, 2.24) is 0 Å². The molecule has 3 N–H and O–H groups in total. The van der Waals surface area contributed by atoms with Crippen molar-refractivity contribution in [3.8, 4) is 0 Å². The first-order valence-electron chi connectivity index (χ1n) is 6.39. The van der Waals surface area contributed by atoms with Gasteiger partial charge < -0.3 is 10.8 Å². The summed E-state index contributed by atoms with van der Waals surface area (Å²) in [5.41, 5.74) is 7.75. The van der Waals surface area contributed by atoms with E-state index in [1.807, 2.05) is 42.5 Å². The Morgan fingerprint density at radius 1 is 1.05 bits per heavy atom. The number of hydrogen-bond donors (Lipinski definition) is 2. The van der Waals surface area contributed by atoms with Crippen molar-refractivity contribution in [2.75, 3.05) is 0 Å². The lowest BCUT2D eigenvalue weighted by atomic mass is 10.1. The molecule has 0 saturated heterocycles. The molecule has 0 bridgehead atoms. The predicted molar refractivity (Wildman–Crippen MR) is 81.8 cm³/mol. The molecule has 0 fully saturated rings. The lowest BCUT2D eigenvalue weighted by Crippen LogP contribution is -2.32. The van der Waals surface area contributed by atoms with E-state index in [4.69, 9.17) is 10.8 Å². The molecule has 1 atom stereocenters. The van der Waals surface area contributed by atoms with E-state index in [0.717, 1.165) is 11.3 Å². The maximum atomic E-state index is 10.7. The Labute approximate surface area is 122 Å². The maximum absolute atomic E-state index is 10.7. The number of rotatable bonds is 6. The van der Waals surface area contributed by atoms with E-state index in [2.05, 4.69) is 12.1 Å². The van der Waals surface area contributed by atoms with Gasteiger partial charge in [0.2, 0.25) is 0 Å². The molecule has 3 nitrogen and oxygen atoms in total. The predicted octanol–water partition coefficient (Wildman–Crippen LogP) is 2.93. The van der Waals surface area contributed by atoms with Crippen molar-refractivity contribution in [2.24, 2.45) is 5.73 Å². The standard InChI is InChI=1S/C16H17NO2S/c17-15(16(18)19)10-12-6-8-14(9-7-12)20-11-13-4-2-1-3-5-13/h1-9,15H,10-11,17H2,(H,18,19)/t15-/m0/s1. The van der Waals surface area contributed by atoms with Crippen LogP contribution in [0.1, 0.15) is 11.1 Å². The number of carbonyl (C=O) groups is 1. The van der Waals surface area contributed by atoms with E-state index in [-0.39, 0.29) is 0 Å². The molecule has 0 radical (unpaired) electrons. The van der Waals surface area contributed by atoms with Crippen LogP contribution >= 0.6 is 11.8 Å². The number of benzene rings is 2. The van der Waals surface area contributed by atoms with Gasteiger partial charge in [0.15, 0.2) is 0 Å². The molecule has 0 spiro atoms. The van der Waals surface area contributed by atoms with E-state index >= 15 is 0 Å². The summed E-state index contributed by atoms with van der Waals surface area (Å²) < 4.78 is 0. The van der Waals surface area contributed by atoms with Crippen LogP contribution in [0.3, 0.4) is 0 Å². The summed E-state index contributed by atoms with van der Waals surface area (Å²) in [4.78, 5) is 11.9. The molecule has 20 heavy (non-hydrogen) atoms. The van der Waals surface area contributed by atoms with Crippen molar-refractivity contribution in [3.63, 3.8) is 0 Å².